The molecule has 2 fully saturated rings. The Balaban J connectivity index is 1.40. The Morgan fingerprint density at radius 2 is 2.06 bits per heavy atom. The fourth-order valence-electron chi connectivity index (χ4n) is 4.70. The van der Waals surface area contributed by atoms with Gasteiger partial charge in [0.15, 0.2) is 0 Å². The predicted molar refractivity (Wildman–Crippen MR) is 121 cm³/mol. The van der Waals surface area contributed by atoms with Crippen LogP contribution < -0.4 is 10.1 Å². The highest BCUT2D eigenvalue weighted by molar-refractivity contribution is 5.91. The van der Waals surface area contributed by atoms with Crippen LogP contribution in [0.4, 0.5) is 10.5 Å². The zero-order chi connectivity index (χ0) is 21.6. The quantitative estimate of drug-likeness (QED) is 0.742. The number of urea groups is 1. The maximum Gasteiger partial charge on any atom is 0.321 e. The molecule has 3 heterocycles. The molecule has 2 aliphatic heterocycles. The molecule has 0 bridgehead atoms. The average Bonchev–Trinajstić information content (AvgIpc) is 3.16. The molecular formula is C24H34N4O3. The molecular weight excluding hydrogens is 392 g/mol. The normalized spacial score (nSPS) is 19.9. The van der Waals surface area contributed by atoms with Gasteiger partial charge in [-0.15, -0.1) is 0 Å². The average molecular weight is 427 g/mol. The number of hydrogen-bond donors (Lipinski definition) is 1. The van der Waals surface area contributed by atoms with E-state index in [1.54, 1.807) is 0 Å². The molecule has 31 heavy (non-hydrogen) atoms. The van der Waals surface area contributed by atoms with Crippen molar-refractivity contribution in [1.29, 1.82) is 0 Å². The monoisotopic (exact) mass is 426 g/mol. The smallest absolute Gasteiger partial charge is 0.321 e. The summed E-state index contributed by atoms with van der Waals surface area (Å²) in [6.07, 6.45) is 6.21. The minimum atomic E-state index is -0.0520. The van der Waals surface area contributed by atoms with E-state index in [-0.39, 0.29) is 6.03 Å². The van der Waals surface area contributed by atoms with Crippen LogP contribution in [0.15, 0.2) is 30.5 Å². The molecule has 7 nitrogen and oxygen atoms in total. The molecule has 1 aromatic carbocycles. The van der Waals surface area contributed by atoms with Crippen LogP contribution in [0.1, 0.15) is 50.0 Å². The van der Waals surface area contributed by atoms with Crippen molar-refractivity contribution in [1.82, 2.24) is 14.5 Å². The number of piperidine rings is 1. The molecule has 0 aliphatic carbocycles. The van der Waals surface area contributed by atoms with Crippen molar-refractivity contribution >= 4 is 11.7 Å². The second kappa shape index (κ2) is 10.2. The summed E-state index contributed by atoms with van der Waals surface area (Å²) in [5.41, 5.74) is 1.93. The van der Waals surface area contributed by atoms with E-state index < -0.39 is 0 Å². The molecule has 1 unspecified atom stereocenters. The third-order valence-electron chi connectivity index (χ3n) is 6.35. The molecule has 0 radical (unpaired) electrons. The lowest BCUT2D eigenvalue weighted by Crippen LogP contribution is -2.43. The molecule has 2 saturated heterocycles. The van der Waals surface area contributed by atoms with E-state index in [9.17, 15) is 4.79 Å². The highest BCUT2D eigenvalue weighted by Crippen LogP contribution is 2.29. The van der Waals surface area contributed by atoms with E-state index in [2.05, 4.69) is 16.8 Å². The summed E-state index contributed by atoms with van der Waals surface area (Å²) in [5.74, 6) is 2.80. The summed E-state index contributed by atoms with van der Waals surface area (Å²) in [6.45, 7) is 8.74. The summed E-state index contributed by atoms with van der Waals surface area (Å²) < 4.78 is 13.6. The SMILES string of the molecule is CCOc1ccccc1NC(=O)N1CCCC(Cn2c(C)cnc2C2CCOCC2)C1. The minimum absolute atomic E-state index is 0.0520. The van der Waals surface area contributed by atoms with Crippen LogP contribution in [0.5, 0.6) is 5.75 Å². The van der Waals surface area contributed by atoms with Crippen molar-refractivity contribution in [2.24, 2.45) is 5.92 Å². The van der Waals surface area contributed by atoms with Gasteiger partial charge >= 0.3 is 6.03 Å². The van der Waals surface area contributed by atoms with Gasteiger partial charge in [0.05, 0.1) is 12.3 Å². The molecule has 1 aromatic heterocycles. The van der Waals surface area contributed by atoms with Crippen LogP contribution in [0.2, 0.25) is 0 Å². The van der Waals surface area contributed by atoms with E-state index >= 15 is 0 Å². The number of carbonyl (C=O) groups excluding carboxylic acids is 1. The van der Waals surface area contributed by atoms with Crippen LogP contribution >= 0.6 is 0 Å². The molecule has 2 aromatic rings. The van der Waals surface area contributed by atoms with Gasteiger partial charge in [-0.25, -0.2) is 9.78 Å². The number of likely N-dealkylation sites (tertiary alicyclic amines) is 1. The Kier molecular flexibility index (Phi) is 7.12. The standard InChI is InChI=1S/C24H34N4O3/c1-3-31-22-9-5-4-8-21(22)26-24(29)27-12-6-7-19(16-27)17-28-18(2)15-25-23(28)20-10-13-30-14-11-20/h4-5,8-9,15,19-20H,3,6-7,10-14,16-17H2,1-2H3,(H,26,29). The number of nitrogens with one attached hydrogen (secondary N) is 1. The Labute approximate surface area is 184 Å². The van der Waals surface area contributed by atoms with E-state index in [0.717, 1.165) is 64.2 Å². The number of nitrogens with zero attached hydrogens (tertiary/aromatic N) is 3. The Morgan fingerprint density at radius 1 is 1.26 bits per heavy atom. The van der Waals surface area contributed by atoms with Crippen LogP contribution in [0.25, 0.3) is 0 Å². The largest absolute Gasteiger partial charge is 0.492 e. The predicted octanol–water partition coefficient (Wildman–Crippen LogP) is 4.43. The van der Waals surface area contributed by atoms with Crippen LogP contribution in [0, 0.1) is 12.8 Å². The number of imidazole rings is 1. The number of anilines is 1. The van der Waals surface area contributed by atoms with Crippen molar-refractivity contribution in [2.45, 2.75) is 52.0 Å². The maximum absolute atomic E-state index is 13.0. The first-order valence-electron chi connectivity index (χ1n) is 11.5. The number of carbonyl (C=O) groups is 1. The van der Waals surface area contributed by atoms with Crippen molar-refractivity contribution in [3.8, 4) is 5.75 Å². The van der Waals surface area contributed by atoms with E-state index in [1.807, 2.05) is 42.3 Å². The highest BCUT2D eigenvalue weighted by atomic mass is 16.5. The van der Waals surface area contributed by atoms with E-state index in [1.165, 1.54) is 11.5 Å². The fourth-order valence-corrected chi connectivity index (χ4v) is 4.70. The van der Waals surface area contributed by atoms with Gasteiger partial charge in [0.25, 0.3) is 0 Å². The number of aryl methyl sites for hydroxylation is 1. The molecule has 1 N–H and O–H groups in total. The third-order valence-corrected chi connectivity index (χ3v) is 6.35. The Hall–Kier alpha value is -2.54. The first-order chi connectivity index (χ1) is 15.2. The summed E-state index contributed by atoms with van der Waals surface area (Å²) in [6, 6.07) is 7.55. The lowest BCUT2D eigenvalue weighted by Gasteiger charge is -2.34. The highest BCUT2D eigenvalue weighted by Gasteiger charge is 2.27. The van der Waals surface area contributed by atoms with Gasteiger partial charge in [0, 0.05) is 50.7 Å². The van der Waals surface area contributed by atoms with Crippen LogP contribution in [-0.2, 0) is 11.3 Å². The topological polar surface area (TPSA) is 68.6 Å². The van der Waals surface area contributed by atoms with Gasteiger partial charge in [0.2, 0.25) is 0 Å². The molecule has 7 heteroatoms. The lowest BCUT2D eigenvalue weighted by atomic mass is 9.96. The van der Waals surface area contributed by atoms with Gasteiger partial charge in [-0.05, 0) is 57.6 Å². The van der Waals surface area contributed by atoms with Crippen LogP contribution in [-0.4, -0.2) is 53.4 Å². The molecule has 168 valence electrons. The Bertz CT molecular complexity index is 875. The van der Waals surface area contributed by atoms with Crippen molar-refractivity contribution in [3.63, 3.8) is 0 Å². The van der Waals surface area contributed by atoms with Crippen molar-refractivity contribution in [2.75, 3.05) is 38.2 Å². The molecule has 4 rings (SSSR count). The molecule has 2 amide bonds. The van der Waals surface area contributed by atoms with E-state index in [0.29, 0.717) is 24.2 Å². The van der Waals surface area contributed by atoms with Crippen molar-refractivity contribution < 1.29 is 14.3 Å². The zero-order valence-electron chi connectivity index (χ0n) is 18.7. The van der Waals surface area contributed by atoms with Gasteiger partial charge < -0.3 is 24.3 Å². The van der Waals surface area contributed by atoms with Gasteiger partial charge in [0.1, 0.15) is 11.6 Å². The maximum atomic E-state index is 13.0. The molecule has 0 spiro atoms. The number of amides is 2. The second-order valence-corrected chi connectivity index (χ2v) is 8.57. The third kappa shape index (κ3) is 5.21. The van der Waals surface area contributed by atoms with Crippen molar-refractivity contribution in [3.05, 3.63) is 42.0 Å². The lowest BCUT2D eigenvalue weighted by molar-refractivity contribution is 0.0823. The second-order valence-electron chi connectivity index (χ2n) is 8.57. The summed E-state index contributed by atoms with van der Waals surface area (Å²) in [7, 11) is 0. The number of rotatable bonds is 6. The molecule has 2 aliphatic rings. The van der Waals surface area contributed by atoms with Crippen LogP contribution in [0.3, 0.4) is 0 Å². The Morgan fingerprint density at radius 3 is 2.87 bits per heavy atom. The number of aromatic nitrogens is 2. The van der Waals surface area contributed by atoms with Gasteiger partial charge in [-0.1, -0.05) is 12.1 Å². The summed E-state index contributed by atoms with van der Waals surface area (Å²) >= 11 is 0. The summed E-state index contributed by atoms with van der Waals surface area (Å²) in [4.78, 5) is 19.7. The van der Waals surface area contributed by atoms with Gasteiger partial charge in [-0.2, -0.15) is 0 Å². The zero-order valence-corrected chi connectivity index (χ0v) is 18.7. The molecule has 0 saturated carbocycles. The minimum Gasteiger partial charge on any atom is -0.492 e. The van der Waals surface area contributed by atoms with Gasteiger partial charge in [-0.3, -0.25) is 0 Å². The summed E-state index contributed by atoms with van der Waals surface area (Å²) in [5, 5.41) is 3.05. The number of benzene rings is 1. The number of para-hydroxylation sites is 2. The molecule has 1 atom stereocenters. The van der Waals surface area contributed by atoms with E-state index in [4.69, 9.17) is 14.5 Å². The number of ether oxygens (including phenoxy) is 2. The fraction of sp³-hybridized carbons (Fsp3) is 0.583. The number of hydrogen-bond acceptors (Lipinski definition) is 4. The first-order valence-corrected chi connectivity index (χ1v) is 11.5. The first kappa shape index (κ1) is 21.7.